The number of aliphatic hydroxyl groups is 1. The summed E-state index contributed by atoms with van der Waals surface area (Å²) in [4.78, 5) is 0. The van der Waals surface area contributed by atoms with Gasteiger partial charge in [0.05, 0.1) is 12.2 Å². The minimum absolute atomic E-state index is 0.241. The van der Waals surface area contributed by atoms with Crippen LogP contribution >= 0.6 is 0 Å². The van der Waals surface area contributed by atoms with Crippen LogP contribution in [0.15, 0.2) is 42.5 Å². The van der Waals surface area contributed by atoms with Gasteiger partial charge in [-0.05, 0) is 25.3 Å². The van der Waals surface area contributed by atoms with Crippen LogP contribution in [-0.4, -0.2) is 18.3 Å². The van der Waals surface area contributed by atoms with Crippen LogP contribution in [0.1, 0.15) is 31.4 Å². The van der Waals surface area contributed by atoms with E-state index in [4.69, 9.17) is 4.74 Å². The van der Waals surface area contributed by atoms with Gasteiger partial charge in [0, 0.05) is 7.11 Å². The quantitative estimate of drug-likeness (QED) is 0.746. The third kappa shape index (κ3) is 4.60. The van der Waals surface area contributed by atoms with Crippen molar-refractivity contribution in [1.82, 2.24) is 0 Å². The van der Waals surface area contributed by atoms with Gasteiger partial charge in [0.1, 0.15) is 0 Å². The molecule has 16 heavy (non-hydrogen) atoms. The Morgan fingerprint density at radius 3 is 2.44 bits per heavy atom. The zero-order valence-corrected chi connectivity index (χ0v) is 9.97. The van der Waals surface area contributed by atoms with E-state index in [9.17, 15) is 5.11 Å². The van der Waals surface area contributed by atoms with E-state index in [1.807, 2.05) is 43.3 Å². The molecule has 2 atom stereocenters. The van der Waals surface area contributed by atoms with Crippen LogP contribution in [-0.2, 0) is 4.74 Å². The number of benzene rings is 1. The minimum Gasteiger partial charge on any atom is -0.388 e. The third-order valence-corrected chi connectivity index (χ3v) is 2.58. The molecule has 2 nitrogen and oxygen atoms in total. The lowest BCUT2D eigenvalue weighted by molar-refractivity contribution is 0.121. The molecule has 0 heterocycles. The summed E-state index contributed by atoms with van der Waals surface area (Å²) in [5.41, 5.74) is 0.965. The van der Waals surface area contributed by atoms with Crippen LogP contribution in [0.25, 0.3) is 0 Å². The summed E-state index contributed by atoms with van der Waals surface area (Å²) >= 11 is 0. The zero-order valence-electron chi connectivity index (χ0n) is 9.97. The summed E-state index contributed by atoms with van der Waals surface area (Å²) in [5, 5.41) is 9.86. The Hall–Kier alpha value is -1.12. The smallest absolute Gasteiger partial charge is 0.0824 e. The molecule has 0 aromatic heterocycles. The highest BCUT2D eigenvalue weighted by Gasteiger charge is 2.03. The van der Waals surface area contributed by atoms with Gasteiger partial charge in [-0.15, -0.1) is 0 Å². The minimum atomic E-state index is -0.407. The van der Waals surface area contributed by atoms with Gasteiger partial charge in [-0.3, -0.25) is 0 Å². The largest absolute Gasteiger partial charge is 0.388 e. The lowest BCUT2D eigenvalue weighted by Gasteiger charge is -2.08. The molecule has 0 radical (unpaired) electrons. The lowest BCUT2D eigenvalue weighted by atomic mass is 10.1. The Morgan fingerprint density at radius 2 is 1.81 bits per heavy atom. The van der Waals surface area contributed by atoms with E-state index in [0.717, 1.165) is 12.0 Å². The molecular weight excluding hydrogens is 200 g/mol. The van der Waals surface area contributed by atoms with Gasteiger partial charge in [-0.2, -0.15) is 0 Å². The van der Waals surface area contributed by atoms with Crippen LogP contribution < -0.4 is 0 Å². The van der Waals surface area contributed by atoms with Crippen molar-refractivity contribution in [3.8, 4) is 0 Å². The molecule has 1 N–H and O–H groups in total. The maximum Gasteiger partial charge on any atom is 0.0824 e. The SMILES string of the molecule is CO[C@H](C)C/C=C\C[C@H](O)c1ccccc1. The van der Waals surface area contributed by atoms with Gasteiger partial charge in [0.15, 0.2) is 0 Å². The van der Waals surface area contributed by atoms with E-state index in [1.54, 1.807) is 7.11 Å². The average molecular weight is 220 g/mol. The molecule has 0 saturated carbocycles. The van der Waals surface area contributed by atoms with Gasteiger partial charge >= 0.3 is 0 Å². The topological polar surface area (TPSA) is 29.5 Å². The van der Waals surface area contributed by atoms with E-state index in [0.29, 0.717) is 6.42 Å². The van der Waals surface area contributed by atoms with Crippen LogP contribution in [0.2, 0.25) is 0 Å². The number of hydrogen-bond donors (Lipinski definition) is 1. The summed E-state index contributed by atoms with van der Waals surface area (Å²) in [6, 6.07) is 9.71. The highest BCUT2D eigenvalue weighted by Crippen LogP contribution is 2.16. The van der Waals surface area contributed by atoms with Crippen molar-refractivity contribution in [2.45, 2.75) is 32.0 Å². The predicted octanol–water partition coefficient (Wildman–Crippen LogP) is 3.09. The molecule has 0 fully saturated rings. The molecule has 0 spiro atoms. The fourth-order valence-corrected chi connectivity index (χ4v) is 1.42. The second kappa shape index (κ2) is 7.20. The van der Waals surface area contributed by atoms with Crippen molar-refractivity contribution in [2.24, 2.45) is 0 Å². The molecule has 1 aromatic carbocycles. The van der Waals surface area contributed by atoms with E-state index in [1.165, 1.54) is 0 Å². The number of methoxy groups -OCH3 is 1. The standard InChI is InChI=1S/C14H20O2/c1-12(16-2)8-6-7-11-14(15)13-9-4-3-5-10-13/h3-7,9-10,12,14-15H,8,11H2,1-2H3/b7-6-/t12-,14+/m1/s1. The molecule has 2 heteroatoms. The monoisotopic (exact) mass is 220 g/mol. The molecule has 1 aromatic rings. The average Bonchev–Trinajstić information content (AvgIpc) is 2.35. The first kappa shape index (κ1) is 12.9. The van der Waals surface area contributed by atoms with Crippen LogP contribution in [0.3, 0.4) is 0 Å². The fraction of sp³-hybridized carbons (Fsp3) is 0.429. The highest BCUT2D eigenvalue weighted by atomic mass is 16.5. The van der Waals surface area contributed by atoms with Gasteiger partial charge in [-0.25, -0.2) is 0 Å². The number of aliphatic hydroxyl groups excluding tert-OH is 1. The maximum absolute atomic E-state index is 9.86. The zero-order chi connectivity index (χ0) is 11.8. The number of hydrogen-bond acceptors (Lipinski definition) is 2. The summed E-state index contributed by atoms with van der Waals surface area (Å²) in [6.07, 6.45) is 5.44. The van der Waals surface area contributed by atoms with Gasteiger partial charge in [-0.1, -0.05) is 42.5 Å². The van der Waals surface area contributed by atoms with Crippen molar-refractivity contribution in [1.29, 1.82) is 0 Å². The summed E-state index contributed by atoms with van der Waals surface area (Å²) in [6.45, 7) is 2.03. The molecule has 88 valence electrons. The van der Waals surface area contributed by atoms with Crippen molar-refractivity contribution < 1.29 is 9.84 Å². The molecular formula is C14H20O2. The first-order valence-electron chi connectivity index (χ1n) is 5.65. The summed E-state index contributed by atoms with van der Waals surface area (Å²) < 4.78 is 5.13. The second-order valence-electron chi connectivity index (χ2n) is 3.92. The molecule has 0 aliphatic rings. The Bertz CT molecular complexity index is 306. The van der Waals surface area contributed by atoms with Gasteiger partial charge < -0.3 is 9.84 Å². The predicted molar refractivity (Wildman–Crippen MR) is 66.2 cm³/mol. The Kier molecular flexibility index (Phi) is 5.83. The van der Waals surface area contributed by atoms with Crippen molar-refractivity contribution in [2.75, 3.05) is 7.11 Å². The van der Waals surface area contributed by atoms with E-state index in [2.05, 4.69) is 6.08 Å². The van der Waals surface area contributed by atoms with Crippen LogP contribution in [0.5, 0.6) is 0 Å². The summed E-state index contributed by atoms with van der Waals surface area (Å²) in [5.74, 6) is 0. The molecule has 0 aliphatic heterocycles. The van der Waals surface area contributed by atoms with Crippen molar-refractivity contribution in [3.63, 3.8) is 0 Å². The first-order chi connectivity index (χ1) is 7.74. The normalized spacial score (nSPS) is 15.2. The van der Waals surface area contributed by atoms with Gasteiger partial charge in [0.2, 0.25) is 0 Å². The summed E-state index contributed by atoms with van der Waals surface area (Å²) in [7, 11) is 1.71. The molecule has 0 bridgehead atoms. The van der Waals surface area contributed by atoms with Crippen molar-refractivity contribution >= 4 is 0 Å². The Morgan fingerprint density at radius 1 is 1.19 bits per heavy atom. The van der Waals surface area contributed by atoms with Gasteiger partial charge in [0.25, 0.3) is 0 Å². The molecule has 0 unspecified atom stereocenters. The fourth-order valence-electron chi connectivity index (χ4n) is 1.42. The Balaban J connectivity index is 2.33. The Labute approximate surface area is 97.6 Å². The lowest BCUT2D eigenvalue weighted by Crippen LogP contribution is -2.02. The highest BCUT2D eigenvalue weighted by molar-refractivity contribution is 5.17. The molecule has 0 aliphatic carbocycles. The van der Waals surface area contributed by atoms with Crippen molar-refractivity contribution in [3.05, 3.63) is 48.0 Å². The molecule has 0 saturated heterocycles. The first-order valence-corrected chi connectivity index (χ1v) is 5.65. The van der Waals surface area contributed by atoms with Crippen LogP contribution in [0.4, 0.5) is 0 Å². The maximum atomic E-state index is 9.86. The number of rotatable bonds is 6. The van der Waals surface area contributed by atoms with E-state index < -0.39 is 6.10 Å². The second-order valence-corrected chi connectivity index (χ2v) is 3.92. The third-order valence-electron chi connectivity index (χ3n) is 2.58. The molecule has 0 amide bonds. The van der Waals surface area contributed by atoms with E-state index >= 15 is 0 Å². The van der Waals surface area contributed by atoms with Crippen LogP contribution in [0, 0.1) is 0 Å². The van der Waals surface area contributed by atoms with E-state index in [-0.39, 0.29) is 6.10 Å². The molecule has 1 rings (SSSR count). The number of ether oxygens (including phenoxy) is 1.